The number of nitrogens with zero attached hydrogens (tertiary/aromatic N) is 1. The van der Waals surface area contributed by atoms with Crippen molar-refractivity contribution in [2.45, 2.75) is 64.1 Å². The van der Waals surface area contributed by atoms with Crippen molar-refractivity contribution in [3.05, 3.63) is 29.3 Å². The second kappa shape index (κ2) is 6.62. The van der Waals surface area contributed by atoms with Crippen LogP contribution in [0.15, 0.2) is 18.2 Å². The van der Waals surface area contributed by atoms with Crippen LogP contribution in [0.4, 0.5) is 5.69 Å². The van der Waals surface area contributed by atoms with Gasteiger partial charge in [0.05, 0.1) is 0 Å². The predicted octanol–water partition coefficient (Wildman–Crippen LogP) is 4.21. The van der Waals surface area contributed by atoms with E-state index in [2.05, 4.69) is 81.7 Å². The molecule has 1 fully saturated rings. The average Bonchev–Trinajstić information content (AvgIpc) is 2.34. The lowest BCUT2D eigenvalue weighted by molar-refractivity contribution is 0.424. The van der Waals surface area contributed by atoms with Gasteiger partial charge in [-0.1, -0.05) is 26.0 Å². The van der Waals surface area contributed by atoms with Crippen molar-refractivity contribution in [1.82, 2.24) is 5.32 Å². The van der Waals surface area contributed by atoms with E-state index in [-0.39, 0.29) is 5.54 Å². The quantitative estimate of drug-likeness (QED) is 0.900. The maximum atomic E-state index is 3.56. The second-order valence-corrected chi connectivity index (χ2v) is 9.27. The molecule has 0 amide bonds. The van der Waals surface area contributed by atoms with E-state index in [4.69, 9.17) is 0 Å². The summed E-state index contributed by atoms with van der Waals surface area (Å²) >= 11 is 2.11. The van der Waals surface area contributed by atoms with Crippen LogP contribution in [0, 0.1) is 6.92 Å². The van der Waals surface area contributed by atoms with E-state index < -0.39 is 0 Å². The highest BCUT2D eigenvalue weighted by Crippen LogP contribution is 2.30. The number of hydrogen-bond donors (Lipinski definition) is 1. The highest BCUT2D eigenvalue weighted by atomic mass is 32.2. The zero-order valence-electron chi connectivity index (χ0n) is 14.4. The fourth-order valence-electron chi connectivity index (χ4n) is 2.92. The third-order valence-corrected chi connectivity index (χ3v) is 5.07. The minimum Gasteiger partial charge on any atom is -0.369 e. The van der Waals surface area contributed by atoms with Gasteiger partial charge in [0.15, 0.2) is 0 Å². The number of benzene rings is 1. The number of aryl methyl sites for hydroxylation is 1. The van der Waals surface area contributed by atoms with Gasteiger partial charge in [-0.3, -0.25) is 0 Å². The average molecular weight is 307 g/mol. The fourth-order valence-corrected chi connectivity index (χ4v) is 4.25. The van der Waals surface area contributed by atoms with Gasteiger partial charge in [0, 0.05) is 41.4 Å². The molecule has 1 aromatic carbocycles. The molecule has 3 heteroatoms. The summed E-state index contributed by atoms with van der Waals surface area (Å²) in [4.78, 5) is 2.56. The molecule has 2 atom stereocenters. The highest BCUT2D eigenvalue weighted by Gasteiger charge is 2.23. The smallest absolute Gasteiger partial charge is 0.0396 e. The Kier molecular flexibility index (Phi) is 5.26. The molecule has 1 aromatic rings. The Morgan fingerprint density at radius 2 is 1.81 bits per heavy atom. The van der Waals surface area contributed by atoms with Crippen LogP contribution in [0.3, 0.4) is 0 Å². The lowest BCUT2D eigenvalue weighted by Gasteiger charge is -2.37. The molecule has 0 radical (unpaired) electrons. The zero-order chi connectivity index (χ0) is 15.6. The van der Waals surface area contributed by atoms with Crippen LogP contribution >= 0.6 is 11.8 Å². The molecule has 2 rings (SSSR count). The molecule has 2 unspecified atom stereocenters. The number of nitrogens with one attached hydrogen (secondary N) is 1. The molecule has 0 aliphatic carbocycles. The Morgan fingerprint density at radius 1 is 1.19 bits per heavy atom. The second-order valence-electron chi connectivity index (χ2n) is 7.39. The summed E-state index contributed by atoms with van der Waals surface area (Å²) in [5.41, 5.74) is 4.35. The molecule has 118 valence electrons. The van der Waals surface area contributed by atoms with Crippen LogP contribution < -0.4 is 10.2 Å². The molecule has 1 aliphatic rings. The van der Waals surface area contributed by atoms with Gasteiger partial charge in [-0.25, -0.2) is 0 Å². The normalized spacial score (nSPS) is 23.4. The van der Waals surface area contributed by atoms with Crippen LogP contribution in [0.25, 0.3) is 0 Å². The molecule has 1 saturated heterocycles. The Bertz CT molecular complexity index is 469. The first-order valence-corrected chi connectivity index (χ1v) is 8.94. The fraction of sp³-hybridized carbons (Fsp3) is 0.667. The largest absolute Gasteiger partial charge is 0.369 e. The maximum absolute atomic E-state index is 3.56. The SMILES string of the molecule is Cc1cc(CNC(C)(C)C)ccc1N1CC(C)SC(C)C1. The van der Waals surface area contributed by atoms with Crippen LogP contribution in [-0.2, 0) is 6.54 Å². The van der Waals surface area contributed by atoms with Crippen LogP contribution in [0.5, 0.6) is 0 Å². The van der Waals surface area contributed by atoms with Gasteiger partial charge in [0.2, 0.25) is 0 Å². The van der Waals surface area contributed by atoms with E-state index in [0.717, 1.165) is 30.1 Å². The van der Waals surface area contributed by atoms with Crippen LogP contribution in [0.1, 0.15) is 45.7 Å². The van der Waals surface area contributed by atoms with Crippen molar-refractivity contribution < 1.29 is 0 Å². The first kappa shape index (κ1) is 16.7. The van der Waals surface area contributed by atoms with E-state index in [0.29, 0.717) is 0 Å². The van der Waals surface area contributed by atoms with E-state index in [9.17, 15) is 0 Å². The van der Waals surface area contributed by atoms with Crippen molar-refractivity contribution >= 4 is 17.4 Å². The molecule has 1 heterocycles. The molecule has 0 aromatic heterocycles. The number of hydrogen-bond acceptors (Lipinski definition) is 3. The third-order valence-electron chi connectivity index (χ3n) is 3.84. The molecule has 0 saturated carbocycles. The molecule has 2 nitrogen and oxygen atoms in total. The minimum absolute atomic E-state index is 0.168. The van der Waals surface area contributed by atoms with Gasteiger partial charge >= 0.3 is 0 Å². The van der Waals surface area contributed by atoms with Gasteiger partial charge in [0.25, 0.3) is 0 Å². The molecule has 1 N–H and O–H groups in total. The summed E-state index contributed by atoms with van der Waals surface area (Å²) < 4.78 is 0. The summed E-state index contributed by atoms with van der Waals surface area (Å²) in [6.07, 6.45) is 0. The van der Waals surface area contributed by atoms with E-state index in [1.165, 1.54) is 16.8 Å². The topological polar surface area (TPSA) is 15.3 Å². The molecular formula is C18H30N2S. The first-order valence-electron chi connectivity index (χ1n) is 7.99. The summed E-state index contributed by atoms with van der Waals surface area (Å²) in [6.45, 7) is 16.8. The summed E-state index contributed by atoms with van der Waals surface area (Å²) in [6, 6.07) is 6.92. The Balaban J connectivity index is 2.08. The van der Waals surface area contributed by atoms with E-state index >= 15 is 0 Å². The molecule has 1 aliphatic heterocycles. The predicted molar refractivity (Wildman–Crippen MR) is 96.5 cm³/mol. The Labute approximate surface area is 134 Å². The summed E-state index contributed by atoms with van der Waals surface area (Å²) in [5.74, 6) is 0. The monoisotopic (exact) mass is 306 g/mol. The van der Waals surface area contributed by atoms with Crippen molar-refractivity contribution in [1.29, 1.82) is 0 Å². The summed E-state index contributed by atoms with van der Waals surface area (Å²) in [7, 11) is 0. The molecule has 0 spiro atoms. The first-order chi connectivity index (χ1) is 9.74. The Morgan fingerprint density at radius 3 is 2.33 bits per heavy atom. The molecular weight excluding hydrogens is 276 g/mol. The van der Waals surface area contributed by atoms with Crippen molar-refractivity contribution in [2.75, 3.05) is 18.0 Å². The van der Waals surface area contributed by atoms with Crippen LogP contribution in [-0.4, -0.2) is 29.1 Å². The minimum atomic E-state index is 0.168. The molecule has 21 heavy (non-hydrogen) atoms. The van der Waals surface area contributed by atoms with Crippen molar-refractivity contribution in [3.8, 4) is 0 Å². The van der Waals surface area contributed by atoms with Crippen molar-refractivity contribution in [2.24, 2.45) is 0 Å². The van der Waals surface area contributed by atoms with Crippen molar-refractivity contribution in [3.63, 3.8) is 0 Å². The molecule has 0 bridgehead atoms. The third kappa shape index (κ3) is 4.93. The summed E-state index contributed by atoms with van der Waals surface area (Å²) in [5, 5.41) is 5.00. The lowest BCUT2D eigenvalue weighted by atomic mass is 10.1. The standard InChI is InChI=1S/C18H30N2S/c1-13-9-16(10-19-18(4,5)6)7-8-17(13)20-11-14(2)21-15(3)12-20/h7-9,14-15,19H,10-12H2,1-6H3. The number of rotatable bonds is 3. The van der Waals surface area contributed by atoms with E-state index in [1.807, 2.05) is 0 Å². The Hall–Kier alpha value is -0.670. The van der Waals surface area contributed by atoms with Gasteiger partial charge in [-0.05, 0) is 44.9 Å². The lowest BCUT2D eigenvalue weighted by Crippen LogP contribution is -2.40. The number of thioether (sulfide) groups is 1. The zero-order valence-corrected chi connectivity index (χ0v) is 15.2. The van der Waals surface area contributed by atoms with Gasteiger partial charge in [-0.2, -0.15) is 11.8 Å². The van der Waals surface area contributed by atoms with E-state index in [1.54, 1.807) is 0 Å². The van der Waals surface area contributed by atoms with Gasteiger partial charge < -0.3 is 10.2 Å². The van der Waals surface area contributed by atoms with Gasteiger partial charge in [-0.15, -0.1) is 0 Å². The van der Waals surface area contributed by atoms with Gasteiger partial charge in [0.1, 0.15) is 0 Å². The maximum Gasteiger partial charge on any atom is 0.0396 e. The highest BCUT2D eigenvalue weighted by molar-refractivity contribution is 8.00. The van der Waals surface area contributed by atoms with Crippen LogP contribution in [0.2, 0.25) is 0 Å². The number of anilines is 1.